The van der Waals surface area contributed by atoms with Crippen LogP contribution in [0, 0.1) is 0 Å². The van der Waals surface area contributed by atoms with Crippen LogP contribution >= 0.6 is 0 Å². The highest BCUT2D eigenvalue weighted by Crippen LogP contribution is 2.05. The van der Waals surface area contributed by atoms with E-state index in [0.29, 0.717) is 6.79 Å². The molecule has 0 aromatic carbocycles. The molecule has 0 fully saturated rings. The molecule has 0 aromatic rings. The molecule has 2 nitrogen and oxygen atoms in total. The summed E-state index contributed by atoms with van der Waals surface area (Å²) >= 11 is 0. The van der Waals surface area contributed by atoms with Crippen molar-refractivity contribution >= 4 is 0 Å². The largest absolute Gasteiger partial charge is 0.359 e. The molecular formula is C9H18O2. The molecule has 66 valence electrons. The molecule has 11 heavy (non-hydrogen) atoms. The molecule has 0 N–H and O–H groups in total. The minimum absolute atomic E-state index is 0.162. The molecular weight excluding hydrogens is 140 g/mol. The molecule has 0 aliphatic rings. The lowest BCUT2D eigenvalue weighted by Gasteiger charge is -2.11. The van der Waals surface area contributed by atoms with Crippen LogP contribution in [0.25, 0.3) is 0 Å². The van der Waals surface area contributed by atoms with Gasteiger partial charge in [0.05, 0.1) is 6.10 Å². The van der Waals surface area contributed by atoms with Gasteiger partial charge in [-0.2, -0.15) is 0 Å². The van der Waals surface area contributed by atoms with Gasteiger partial charge in [0, 0.05) is 7.11 Å². The Bertz CT molecular complexity index is 83.6. The van der Waals surface area contributed by atoms with E-state index in [9.17, 15) is 0 Å². The molecule has 0 saturated carbocycles. The lowest BCUT2D eigenvalue weighted by Crippen LogP contribution is -2.11. The number of ether oxygens (including phenoxy) is 2. The van der Waals surface area contributed by atoms with E-state index in [4.69, 9.17) is 9.47 Å². The first-order valence-electron chi connectivity index (χ1n) is 4.08. The summed E-state index contributed by atoms with van der Waals surface area (Å²) in [5.74, 6) is 0. The highest BCUT2D eigenvalue weighted by Gasteiger charge is 2.01. The van der Waals surface area contributed by atoms with Crippen LogP contribution in [0.15, 0.2) is 12.7 Å². The maximum Gasteiger partial charge on any atom is 0.147 e. The summed E-state index contributed by atoms with van der Waals surface area (Å²) in [5.41, 5.74) is 0. The number of hydrogen-bond acceptors (Lipinski definition) is 2. The zero-order chi connectivity index (χ0) is 8.53. The van der Waals surface area contributed by atoms with Gasteiger partial charge in [-0.25, -0.2) is 0 Å². The maximum absolute atomic E-state index is 5.30. The smallest absolute Gasteiger partial charge is 0.147 e. The monoisotopic (exact) mass is 158 g/mol. The summed E-state index contributed by atoms with van der Waals surface area (Å²) in [6, 6.07) is 0. The summed E-state index contributed by atoms with van der Waals surface area (Å²) in [6.07, 6.45) is 5.41. The van der Waals surface area contributed by atoms with Crippen LogP contribution in [0.2, 0.25) is 0 Å². The number of methoxy groups -OCH3 is 1. The fraction of sp³-hybridized carbons (Fsp3) is 0.778. The van der Waals surface area contributed by atoms with Gasteiger partial charge in [0.1, 0.15) is 6.79 Å². The Kier molecular flexibility index (Phi) is 7.52. The van der Waals surface area contributed by atoms with E-state index in [1.54, 1.807) is 7.11 Å². The zero-order valence-electron chi connectivity index (χ0n) is 7.51. The third kappa shape index (κ3) is 6.07. The van der Waals surface area contributed by atoms with Crippen molar-refractivity contribution in [3.8, 4) is 0 Å². The van der Waals surface area contributed by atoms with Crippen molar-refractivity contribution in [3.05, 3.63) is 12.7 Å². The van der Waals surface area contributed by atoms with Gasteiger partial charge in [-0.3, -0.25) is 0 Å². The van der Waals surface area contributed by atoms with E-state index < -0.39 is 0 Å². The van der Waals surface area contributed by atoms with E-state index in [-0.39, 0.29) is 6.10 Å². The van der Waals surface area contributed by atoms with E-state index in [1.165, 1.54) is 12.8 Å². The Morgan fingerprint density at radius 2 is 2.27 bits per heavy atom. The van der Waals surface area contributed by atoms with Gasteiger partial charge < -0.3 is 9.47 Å². The molecule has 0 spiro atoms. The van der Waals surface area contributed by atoms with Crippen LogP contribution in [0.4, 0.5) is 0 Å². The maximum atomic E-state index is 5.30. The summed E-state index contributed by atoms with van der Waals surface area (Å²) in [7, 11) is 1.62. The molecule has 1 atom stereocenters. The van der Waals surface area contributed by atoms with Crippen LogP contribution in [0.1, 0.15) is 26.2 Å². The highest BCUT2D eigenvalue weighted by molar-refractivity contribution is 4.79. The predicted molar refractivity (Wildman–Crippen MR) is 46.5 cm³/mol. The average Bonchev–Trinajstić information content (AvgIpc) is 2.05. The molecule has 0 saturated heterocycles. The third-order valence-electron chi connectivity index (χ3n) is 1.51. The molecule has 0 aliphatic heterocycles. The quantitative estimate of drug-likeness (QED) is 0.418. The first kappa shape index (κ1) is 10.7. The van der Waals surface area contributed by atoms with Crippen LogP contribution in [-0.4, -0.2) is 20.0 Å². The van der Waals surface area contributed by atoms with Crippen LogP contribution in [-0.2, 0) is 9.47 Å². The van der Waals surface area contributed by atoms with Gasteiger partial charge in [-0.1, -0.05) is 25.8 Å². The molecule has 0 unspecified atom stereocenters. The molecule has 0 aromatic heterocycles. The SMILES string of the molecule is C=C[C@@H](CCCC)OCOC. The standard InChI is InChI=1S/C9H18O2/c1-4-6-7-9(5-2)11-8-10-3/h5,9H,2,4,6-8H2,1,3H3/t9-/m0/s1. The van der Waals surface area contributed by atoms with Gasteiger partial charge in [0.2, 0.25) is 0 Å². The first-order chi connectivity index (χ1) is 5.35. The lowest BCUT2D eigenvalue weighted by atomic mass is 10.2. The number of unbranched alkanes of at least 4 members (excludes halogenated alkanes) is 1. The highest BCUT2D eigenvalue weighted by atomic mass is 16.7. The average molecular weight is 158 g/mol. The Labute approximate surface area is 69.2 Å². The van der Waals surface area contributed by atoms with Crippen molar-refractivity contribution < 1.29 is 9.47 Å². The molecule has 0 rings (SSSR count). The summed E-state index contributed by atoms with van der Waals surface area (Å²) in [6.45, 7) is 6.21. The zero-order valence-corrected chi connectivity index (χ0v) is 7.51. The Morgan fingerprint density at radius 3 is 2.73 bits per heavy atom. The lowest BCUT2D eigenvalue weighted by molar-refractivity contribution is -0.0578. The Balaban J connectivity index is 3.33. The second kappa shape index (κ2) is 7.76. The van der Waals surface area contributed by atoms with Crippen molar-refractivity contribution in [2.24, 2.45) is 0 Å². The van der Waals surface area contributed by atoms with E-state index >= 15 is 0 Å². The van der Waals surface area contributed by atoms with Gasteiger partial charge >= 0.3 is 0 Å². The van der Waals surface area contributed by atoms with Gasteiger partial charge in [-0.05, 0) is 6.42 Å². The van der Waals surface area contributed by atoms with Gasteiger partial charge in [0.15, 0.2) is 0 Å². The normalized spacial score (nSPS) is 12.9. The molecule has 0 bridgehead atoms. The molecule has 2 heteroatoms. The molecule has 0 amide bonds. The third-order valence-corrected chi connectivity index (χ3v) is 1.51. The van der Waals surface area contributed by atoms with Gasteiger partial charge in [-0.15, -0.1) is 6.58 Å². The van der Waals surface area contributed by atoms with Crippen LogP contribution < -0.4 is 0 Å². The first-order valence-corrected chi connectivity index (χ1v) is 4.08. The summed E-state index contributed by atoms with van der Waals surface area (Å²) in [5, 5.41) is 0. The Hall–Kier alpha value is -0.340. The van der Waals surface area contributed by atoms with Crippen LogP contribution in [0.3, 0.4) is 0 Å². The van der Waals surface area contributed by atoms with Crippen LogP contribution in [0.5, 0.6) is 0 Å². The molecule has 0 heterocycles. The molecule has 0 aliphatic carbocycles. The van der Waals surface area contributed by atoms with Crippen molar-refractivity contribution in [2.75, 3.05) is 13.9 Å². The summed E-state index contributed by atoms with van der Waals surface area (Å²) < 4.78 is 10.1. The fourth-order valence-electron chi connectivity index (χ4n) is 0.830. The van der Waals surface area contributed by atoms with E-state index in [0.717, 1.165) is 6.42 Å². The van der Waals surface area contributed by atoms with Crippen molar-refractivity contribution in [2.45, 2.75) is 32.3 Å². The van der Waals surface area contributed by atoms with E-state index in [1.807, 2.05) is 6.08 Å². The number of hydrogen-bond donors (Lipinski definition) is 0. The van der Waals surface area contributed by atoms with Crippen molar-refractivity contribution in [3.63, 3.8) is 0 Å². The second-order valence-corrected chi connectivity index (χ2v) is 2.49. The minimum Gasteiger partial charge on any atom is -0.359 e. The topological polar surface area (TPSA) is 18.5 Å². The minimum atomic E-state index is 0.162. The predicted octanol–water partition coefficient (Wildman–Crippen LogP) is 2.35. The van der Waals surface area contributed by atoms with Crippen molar-refractivity contribution in [1.29, 1.82) is 0 Å². The van der Waals surface area contributed by atoms with Gasteiger partial charge in [0.25, 0.3) is 0 Å². The fourth-order valence-corrected chi connectivity index (χ4v) is 0.830. The Morgan fingerprint density at radius 1 is 1.55 bits per heavy atom. The summed E-state index contributed by atoms with van der Waals surface area (Å²) in [4.78, 5) is 0. The van der Waals surface area contributed by atoms with Crippen molar-refractivity contribution in [1.82, 2.24) is 0 Å². The molecule has 0 radical (unpaired) electrons. The number of rotatable bonds is 7. The van der Waals surface area contributed by atoms with E-state index in [2.05, 4.69) is 13.5 Å². The second-order valence-electron chi connectivity index (χ2n) is 2.49.